The minimum atomic E-state index is -4.48. The van der Waals surface area contributed by atoms with Crippen LogP contribution in [0.25, 0.3) is 21.3 Å². The summed E-state index contributed by atoms with van der Waals surface area (Å²) in [6.45, 7) is 0. The van der Waals surface area contributed by atoms with E-state index in [9.17, 15) is 13.2 Å². The van der Waals surface area contributed by atoms with Crippen LogP contribution in [-0.4, -0.2) is 15.2 Å². The van der Waals surface area contributed by atoms with Crippen molar-refractivity contribution >= 4 is 27.2 Å². The fourth-order valence-electron chi connectivity index (χ4n) is 1.93. The molecule has 0 radical (unpaired) electrons. The van der Waals surface area contributed by atoms with E-state index >= 15 is 0 Å². The lowest BCUT2D eigenvalue weighted by Gasteiger charge is -2.12. The fraction of sp³-hybridized carbons (Fsp3) is 0.0833. The molecule has 0 aliphatic heterocycles. The summed E-state index contributed by atoms with van der Waals surface area (Å²) in [5, 5.41) is 9.81. The number of fused-ring (bicyclic) bond motifs is 1. The predicted molar refractivity (Wildman–Crippen MR) is 70.1 cm³/mol. The van der Waals surface area contributed by atoms with Crippen molar-refractivity contribution in [1.82, 2.24) is 15.2 Å². The van der Waals surface area contributed by atoms with E-state index in [1.165, 1.54) is 11.3 Å². The maximum absolute atomic E-state index is 13.0. The molecule has 0 saturated heterocycles. The molecular formula is C12H7F3N4S. The van der Waals surface area contributed by atoms with Crippen LogP contribution in [0.15, 0.2) is 29.9 Å². The van der Waals surface area contributed by atoms with Gasteiger partial charge in [-0.25, -0.2) is 0 Å². The molecule has 0 unspecified atom stereocenters. The van der Waals surface area contributed by atoms with Crippen molar-refractivity contribution in [2.75, 3.05) is 5.73 Å². The summed E-state index contributed by atoms with van der Waals surface area (Å²) in [4.78, 5) is 3.75. The van der Waals surface area contributed by atoms with Gasteiger partial charge in [0.15, 0.2) is 5.82 Å². The van der Waals surface area contributed by atoms with Gasteiger partial charge in [-0.05, 0) is 17.5 Å². The van der Waals surface area contributed by atoms with Gasteiger partial charge in [-0.1, -0.05) is 0 Å². The molecule has 0 amide bonds. The molecule has 0 saturated carbocycles. The normalized spacial score (nSPS) is 11.9. The number of hydrogen-bond donors (Lipinski definition) is 1. The zero-order chi connectivity index (χ0) is 14.3. The Morgan fingerprint density at radius 2 is 1.95 bits per heavy atom. The third kappa shape index (κ3) is 1.97. The second-order valence-corrected chi connectivity index (χ2v) is 4.93. The van der Waals surface area contributed by atoms with E-state index in [2.05, 4.69) is 15.2 Å². The Bertz CT molecular complexity index is 782. The minimum absolute atomic E-state index is 0.101. The van der Waals surface area contributed by atoms with E-state index in [1.807, 2.05) is 0 Å². The highest BCUT2D eigenvalue weighted by Gasteiger charge is 2.34. The van der Waals surface area contributed by atoms with Gasteiger partial charge in [0.25, 0.3) is 0 Å². The number of nitrogens with zero attached hydrogens (tertiary/aromatic N) is 3. The number of anilines is 1. The van der Waals surface area contributed by atoms with E-state index in [1.54, 1.807) is 11.4 Å². The van der Waals surface area contributed by atoms with Crippen LogP contribution in [0.5, 0.6) is 0 Å². The zero-order valence-corrected chi connectivity index (χ0v) is 10.7. The maximum atomic E-state index is 13.0. The first-order valence-electron chi connectivity index (χ1n) is 5.49. The summed E-state index contributed by atoms with van der Waals surface area (Å²) in [7, 11) is 0. The van der Waals surface area contributed by atoms with Crippen molar-refractivity contribution in [1.29, 1.82) is 0 Å². The first kappa shape index (κ1) is 12.8. The van der Waals surface area contributed by atoms with E-state index in [4.69, 9.17) is 5.73 Å². The standard InChI is InChI=1S/C12H7F3N4S/c13-12(14,15)8-1-3-17-5-7(8)9-6-2-4-20-10(6)11(16)19-18-9/h1-5H,(H2,16,19). The molecule has 102 valence electrons. The van der Waals surface area contributed by atoms with Gasteiger partial charge >= 0.3 is 6.18 Å². The lowest BCUT2D eigenvalue weighted by atomic mass is 10.0. The van der Waals surface area contributed by atoms with Crippen LogP contribution in [0, 0.1) is 0 Å². The second-order valence-electron chi connectivity index (χ2n) is 4.02. The summed E-state index contributed by atoms with van der Waals surface area (Å²) < 4.78 is 39.7. The van der Waals surface area contributed by atoms with Crippen LogP contribution in [0.3, 0.4) is 0 Å². The average molecular weight is 296 g/mol. The Kier molecular flexibility index (Phi) is 2.82. The van der Waals surface area contributed by atoms with Crippen LogP contribution >= 0.6 is 11.3 Å². The number of thiophene rings is 1. The molecule has 0 bridgehead atoms. The molecule has 0 aromatic carbocycles. The van der Waals surface area contributed by atoms with Crippen molar-refractivity contribution in [3.8, 4) is 11.3 Å². The molecule has 0 fully saturated rings. The fourth-order valence-corrected chi connectivity index (χ4v) is 2.72. The number of aromatic nitrogens is 3. The third-order valence-corrected chi connectivity index (χ3v) is 3.73. The van der Waals surface area contributed by atoms with Gasteiger partial charge in [-0.2, -0.15) is 13.2 Å². The minimum Gasteiger partial charge on any atom is -0.381 e. The monoisotopic (exact) mass is 296 g/mol. The van der Waals surface area contributed by atoms with Gasteiger partial charge in [-0.15, -0.1) is 21.5 Å². The molecule has 3 heterocycles. The van der Waals surface area contributed by atoms with Crippen molar-refractivity contribution < 1.29 is 13.2 Å². The molecule has 3 aromatic rings. The average Bonchev–Trinajstić information content (AvgIpc) is 2.88. The first-order valence-corrected chi connectivity index (χ1v) is 6.37. The van der Waals surface area contributed by atoms with Gasteiger partial charge in [0.05, 0.1) is 10.3 Å². The van der Waals surface area contributed by atoms with Gasteiger partial charge in [0.1, 0.15) is 5.69 Å². The summed E-state index contributed by atoms with van der Waals surface area (Å²) in [5.41, 5.74) is 4.91. The third-order valence-electron chi connectivity index (χ3n) is 2.79. The van der Waals surface area contributed by atoms with E-state index < -0.39 is 11.7 Å². The molecule has 2 N–H and O–H groups in total. The smallest absolute Gasteiger partial charge is 0.381 e. The molecule has 0 spiro atoms. The Morgan fingerprint density at radius 3 is 2.70 bits per heavy atom. The van der Waals surface area contributed by atoms with Crippen LogP contribution < -0.4 is 5.73 Å². The van der Waals surface area contributed by atoms with Crippen LogP contribution in [0.1, 0.15) is 5.56 Å². The van der Waals surface area contributed by atoms with Crippen molar-refractivity contribution in [2.45, 2.75) is 6.18 Å². The van der Waals surface area contributed by atoms with Crippen molar-refractivity contribution in [3.05, 3.63) is 35.5 Å². The quantitative estimate of drug-likeness (QED) is 0.748. The largest absolute Gasteiger partial charge is 0.417 e. The number of nitrogens with two attached hydrogens (primary N) is 1. The Labute approximate surface area is 115 Å². The zero-order valence-electron chi connectivity index (χ0n) is 9.85. The molecular weight excluding hydrogens is 289 g/mol. The molecule has 0 aliphatic rings. The summed E-state index contributed by atoms with van der Waals surface area (Å²) in [6.07, 6.45) is -2.24. The van der Waals surface area contributed by atoms with Crippen molar-refractivity contribution in [3.63, 3.8) is 0 Å². The van der Waals surface area contributed by atoms with Gasteiger partial charge in [0.2, 0.25) is 0 Å². The SMILES string of the molecule is Nc1nnc(-c2cnccc2C(F)(F)F)c2ccsc12. The van der Waals surface area contributed by atoms with E-state index in [0.29, 0.717) is 10.1 Å². The highest BCUT2D eigenvalue weighted by Crippen LogP contribution is 2.39. The van der Waals surface area contributed by atoms with Gasteiger partial charge in [0, 0.05) is 23.3 Å². The number of hydrogen-bond acceptors (Lipinski definition) is 5. The summed E-state index contributed by atoms with van der Waals surface area (Å²) in [5.74, 6) is 0.205. The second kappa shape index (κ2) is 4.41. The number of pyridine rings is 1. The van der Waals surface area contributed by atoms with E-state index in [-0.39, 0.29) is 17.1 Å². The van der Waals surface area contributed by atoms with Crippen molar-refractivity contribution in [2.24, 2.45) is 0 Å². The van der Waals surface area contributed by atoms with E-state index in [0.717, 1.165) is 18.5 Å². The lowest BCUT2D eigenvalue weighted by molar-refractivity contribution is -0.137. The molecule has 3 aromatic heterocycles. The number of nitrogen functional groups attached to an aromatic ring is 1. The topological polar surface area (TPSA) is 64.7 Å². The Balaban J connectivity index is 2.32. The number of alkyl halides is 3. The molecule has 3 rings (SSSR count). The number of halogens is 3. The summed E-state index contributed by atoms with van der Waals surface area (Å²) >= 11 is 1.31. The molecule has 0 atom stereocenters. The molecule has 0 aliphatic carbocycles. The molecule has 4 nitrogen and oxygen atoms in total. The lowest BCUT2D eigenvalue weighted by Crippen LogP contribution is -2.08. The molecule has 8 heteroatoms. The van der Waals surface area contributed by atoms with Gasteiger partial charge < -0.3 is 5.73 Å². The Hall–Kier alpha value is -2.22. The summed E-state index contributed by atoms with van der Waals surface area (Å²) in [6, 6.07) is 2.60. The highest BCUT2D eigenvalue weighted by atomic mass is 32.1. The van der Waals surface area contributed by atoms with Crippen LogP contribution in [0.4, 0.5) is 19.0 Å². The molecule has 20 heavy (non-hydrogen) atoms. The highest BCUT2D eigenvalue weighted by molar-refractivity contribution is 7.17. The van der Waals surface area contributed by atoms with Gasteiger partial charge in [-0.3, -0.25) is 4.98 Å². The maximum Gasteiger partial charge on any atom is 0.417 e. The Morgan fingerprint density at radius 1 is 1.15 bits per heavy atom. The van der Waals surface area contributed by atoms with Crippen LogP contribution in [-0.2, 0) is 6.18 Å². The first-order chi connectivity index (χ1) is 9.48. The number of rotatable bonds is 1. The predicted octanol–water partition coefficient (Wildman–Crippen LogP) is 3.35. The van der Waals surface area contributed by atoms with Crippen LogP contribution in [0.2, 0.25) is 0 Å².